The summed E-state index contributed by atoms with van der Waals surface area (Å²) in [6.07, 6.45) is 0. The molecule has 9 heteroatoms. The number of ether oxygens (including phenoxy) is 2. The molecule has 0 aromatic heterocycles. The maximum absolute atomic E-state index is 12.4. The number of rotatable bonds is 6. The van der Waals surface area contributed by atoms with Crippen molar-refractivity contribution in [1.29, 1.82) is 0 Å². The molecule has 0 atom stereocenters. The number of carbonyl (C=O) groups is 2. The Morgan fingerprint density at radius 2 is 1.77 bits per heavy atom. The third-order valence-electron chi connectivity index (χ3n) is 3.51. The molecule has 2 aromatic rings. The van der Waals surface area contributed by atoms with Crippen LogP contribution < -0.4 is 15.2 Å². The van der Waals surface area contributed by atoms with Gasteiger partial charge in [-0.05, 0) is 30.3 Å². The van der Waals surface area contributed by atoms with Crippen molar-refractivity contribution >= 4 is 21.9 Å². The molecular formula is C17H18N2O6S. The summed E-state index contributed by atoms with van der Waals surface area (Å²) in [6, 6.07) is 9.61. The van der Waals surface area contributed by atoms with Crippen LogP contribution in [-0.4, -0.2) is 45.8 Å². The molecule has 8 nitrogen and oxygen atoms in total. The van der Waals surface area contributed by atoms with Gasteiger partial charge >= 0.3 is 5.97 Å². The van der Waals surface area contributed by atoms with E-state index in [0.717, 1.165) is 4.31 Å². The zero-order valence-corrected chi connectivity index (χ0v) is 15.2. The predicted molar refractivity (Wildman–Crippen MR) is 93.8 cm³/mol. The van der Waals surface area contributed by atoms with Crippen molar-refractivity contribution < 1.29 is 27.5 Å². The molecule has 2 rings (SSSR count). The standard InChI is InChI=1S/C17H18N2O6S/c1-19(2)26(22,23)13-6-4-5-11(9-13)17(21)25-15-10-12(24-3)7-8-14(15)16(18)20/h4-10H,1-3H3,(H2,18,20). The third-order valence-corrected chi connectivity index (χ3v) is 5.32. The summed E-state index contributed by atoms with van der Waals surface area (Å²) in [4.78, 5) is 23.9. The molecule has 0 aliphatic heterocycles. The molecule has 0 spiro atoms. The SMILES string of the molecule is COc1ccc(C(N)=O)c(OC(=O)c2cccc(S(=O)(=O)N(C)C)c2)c1. The lowest BCUT2D eigenvalue weighted by atomic mass is 10.1. The minimum Gasteiger partial charge on any atom is -0.497 e. The molecule has 1 amide bonds. The number of nitrogens with zero attached hydrogens (tertiary/aromatic N) is 1. The Hall–Kier alpha value is -2.91. The Labute approximate surface area is 151 Å². The first-order valence-corrected chi connectivity index (χ1v) is 8.83. The lowest BCUT2D eigenvalue weighted by Crippen LogP contribution is -2.22. The fraction of sp³-hybridized carbons (Fsp3) is 0.176. The molecule has 0 unspecified atom stereocenters. The minimum absolute atomic E-state index is 0.00350. The first kappa shape index (κ1) is 19.4. The summed E-state index contributed by atoms with van der Waals surface area (Å²) < 4.78 is 35.7. The first-order valence-electron chi connectivity index (χ1n) is 7.39. The summed E-state index contributed by atoms with van der Waals surface area (Å²) in [6.45, 7) is 0. The second-order valence-corrected chi connectivity index (χ2v) is 7.58. The van der Waals surface area contributed by atoms with E-state index in [-0.39, 0.29) is 21.8 Å². The van der Waals surface area contributed by atoms with E-state index in [0.29, 0.717) is 5.75 Å². The Morgan fingerprint density at radius 1 is 1.08 bits per heavy atom. The highest BCUT2D eigenvalue weighted by Crippen LogP contribution is 2.26. The van der Waals surface area contributed by atoms with Gasteiger partial charge in [0.05, 0.1) is 23.1 Å². The Kier molecular flexibility index (Phi) is 5.63. The quantitative estimate of drug-likeness (QED) is 0.598. The van der Waals surface area contributed by atoms with Gasteiger partial charge in [-0.2, -0.15) is 0 Å². The Morgan fingerprint density at radius 3 is 2.35 bits per heavy atom. The van der Waals surface area contributed by atoms with Crippen molar-refractivity contribution in [3.8, 4) is 11.5 Å². The fourth-order valence-electron chi connectivity index (χ4n) is 2.07. The van der Waals surface area contributed by atoms with E-state index >= 15 is 0 Å². The van der Waals surface area contributed by atoms with E-state index in [9.17, 15) is 18.0 Å². The lowest BCUT2D eigenvalue weighted by molar-refractivity contribution is 0.0732. The highest BCUT2D eigenvalue weighted by molar-refractivity contribution is 7.89. The summed E-state index contributed by atoms with van der Waals surface area (Å²) >= 11 is 0. The van der Waals surface area contributed by atoms with Gasteiger partial charge in [0.1, 0.15) is 11.5 Å². The fourth-order valence-corrected chi connectivity index (χ4v) is 3.02. The van der Waals surface area contributed by atoms with Gasteiger partial charge in [-0.25, -0.2) is 17.5 Å². The normalized spacial score (nSPS) is 11.2. The molecule has 0 radical (unpaired) electrons. The maximum Gasteiger partial charge on any atom is 0.343 e. The zero-order valence-electron chi connectivity index (χ0n) is 14.4. The monoisotopic (exact) mass is 378 g/mol. The van der Waals surface area contributed by atoms with E-state index in [2.05, 4.69) is 0 Å². The molecule has 0 aliphatic carbocycles. The second-order valence-electron chi connectivity index (χ2n) is 5.43. The molecule has 26 heavy (non-hydrogen) atoms. The summed E-state index contributed by atoms with van der Waals surface area (Å²) in [5.41, 5.74) is 5.28. The van der Waals surface area contributed by atoms with E-state index < -0.39 is 21.9 Å². The number of primary amides is 1. The highest BCUT2D eigenvalue weighted by Gasteiger charge is 2.20. The third kappa shape index (κ3) is 4.01. The highest BCUT2D eigenvalue weighted by atomic mass is 32.2. The maximum atomic E-state index is 12.4. The van der Waals surface area contributed by atoms with Gasteiger partial charge < -0.3 is 15.2 Å². The molecule has 138 valence electrons. The number of esters is 1. The van der Waals surface area contributed by atoms with E-state index in [1.165, 1.54) is 63.7 Å². The van der Waals surface area contributed by atoms with Crippen molar-refractivity contribution in [2.75, 3.05) is 21.2 Å². The summed E-state index contributed by atoms with van der Waals surface area (Å²) in [7, 11) is 0.480. The Bertz CT molecular complexity index is 953. The average molecular weight is 378 g/mol. The van der Waals surface area contributed by atoms with Crippen LogP contribution >= 0.6 is 0 Å². The van der Waals surface area contributed by atoms with Gasteiger partial charge in [0.25, 0.3) is 5.91 Å². The van der Waals surface area contributed by atoms with Crippen LogP contribution in [-0.2, 0) is 10.0 Å². The van der Waals surface area contributed by atoms with Gasteiger partial charge in [-0.1, -0.05) is 6.07 Å². The molecule has 2 aromatic carbocycles. The van der Waals surface area contributed by atoms with Crippen LogP contribution in [0.5, 0.6) is 11.5 Å². The molecule has 0 heterocycles. The van der Waals surface area contributed by atoms with Gasteiger partial charge in [0.2, 0.25) is 10.0 Å². The topological polar surface area (TPSA) is 116 Å². The summed E-state index contributed by atoms with van der Waals surface area (Å²) in [5, 5.41) is 0. The smallest absolute Gasteiger partial charge is 0.343 e. The molecule has 0 fully saturated rings. The van der Waals surface area contributed by atoms with Crippen molar-refractivity contribution in [1.82, 2.24) is 4.31 Å². The van der Waals surface area contributed by atoms with Crippen molar-refractivity contribution in [3.63, 3.8) is 0 Å². The average Bonchev–Trinajstić information content (AvgIpc) is 2.61. The number of nitrogens with two attached hydrogens (primary N) is 1. The van der Waals surface area contributed by atoms with Crippen LogP contribution in [0.4, 0.5) is 0 Å². The van der Waals surface area contributed by atoms with E-state index in [1.54, 1.807) is 0 Å². The molecule has 0 saturated heterocycles. The van der Waals surface area contributed by atoms with Crippen molar-refractivity contribution in [2.45, 2.75) is 4.90 Å². The number of hydrogen-bond acceptors (Lipinski definition) is 6. The van der Waals surface area contributed by atoms with Gasteiger partial charge in [0, 0.05) is 20.2 Å². The number of sulfonamides is 1. The van der Waals surface area contributed by atoms with E-state index in [4.69, 9.17) is 15.2 Å². The van der Waals surface area contributed by atoms with Crippen LogP contribution in [0.25, 0.3) is 0 Å². The number of hydrogen-bond donors (Lipinski definition) is 1. The largest absolute Gasteiger partial charge is 0.497 e. The molecule has 0 bridgehead atoms. The predicted octanol–water partition coefficient (Wildman–Crippen LogP) is 1.26. The lowest BCUT2D eigenvalue weighted by Gasteiger charge is -2.13. The second kappa shape index (κ2) is 7.54. The summed E-state index contributed by atoms with van der Waals surface area (Å²) in [5.74, 6) is -1.33. The Balaban J connectivity index is 2.39. The molecular weight excluding hydrogens is 360 g/mol. The molecule has 2 N–H and O–H groups in total. The molecule has 0 aliphatic rings. The van der Waals surface area contributed by atoms with Crippen molar-refractivity contribution in [3.05, 3.63) is 53.6 Å². The number of carbonyl (C=O) groups excluding carboxylic acids is 2. The van der Waals surface area contributed by atoms with Gasteiger partial charge in [0.15, 0.2) is 0 Å². The van der Waals surface area contributed by atoms with Crippen LogP contribution in [0.3, 0.4) is 0 Å². The van der Waals surface area contributed by atoms with Crippen LogP contribution in [0, 0.1) is 0 Å². The van der Waals surface area contributed by atoms with Crippen LogP contribution in [0.1, 0.15) is 20.7 Å². The number of amides is 1. The first-order chi connectivity index (χ1) is 12.2. The van der Waals surface area contributed by atoms with Crippen LogP contribution in [0.2, 0.25) is 0 Å². The van der Waals surface area contributed by atoms with Gasteiger partial charge in [-0.15, -0.1) is 0 Å². The van der Waals surface area contributed by atoms with Crippen LogP contribution in [0.15, 0.2) is 47.4 Å². The molecule has 0 saturated carbocycles. The van der Waals surface area contributed by atoms with Gasteiger partial charge in [-0.3, -0.25) is 4.79 Å². The minimum atomic E-state index is -3.71. The van der Waals surface area contributed by atoms with Crippen molar-refractivity contribution in [2.24, 2.45) is 5.73 Å². The zero-order chi connectivity index (χ0) is 19.5. The number of benzene rings is 2. The van der Waals surface area contributed by atoms with E-state index in [1.807, 2.05) is 0 Å². The number of methoxy groups -OCH3 is 1.